The molecule has 0 atom stereocenters. The molecule has 26 heavy (non-hydrogen) atoms. The van der Waals surface area contributed by atoms with Crippen molar-refractivity contribution in [2.24, 2.45) is 0 Å². The molecule has 0 aliphatic rings. The summed E-state index contributed by atoms with van der Waals surface area (Å²) in [6.07, 6.45) is 0.167. The molecule has 2 N–H and O–H groups in total. The second-order valence-electron chi connectivity index (χ2n) is 5.70. The van der Waals surface area contributed by atoms with Crippen LogP contribution in [0.5, 0.6) is 5.75 Å². The number of hydrogen-bond donors (Lipinski definition) is 2. The SMILES string of the molecule is COc1cc(NC(=O)Cc2cccc3ccccc23)c(Cl)cc1C(=O)O. The third-order valence-electron chi connectivity index (χ3n) is 4.02. The summed E-state index contributed by atoms with van der Waals surface area (Å²) in [5.41, 5.74) is 1.13. The molecule has 3 aromatic carbocycles. The number of aromatic carboxylic acids is 1. The third-order valence-corrected chi connectivity index (χ3v) is 4.34. The van der Waals surface area contributed by atoms with E-state index in [-0.39, 0.29) is 28.7 Å². The molecular formula is C20H16ClNO4. The summed E-state index contributed by atoms with van der Waals surface area (Å²) >= 11 is 6.11. The van der Waals surface area contributed by atoms with Crippen molar-refractivity contribution in [2.45, 2.75) is 6.42 Å². The van der Waals surface area contributed by atoms with Crippen LogP contribution in [0.15, 0.2) is 54.6 Å². The molecule has 0 radical (unpaired) electrons. The number of benzene rings is 3. The first-order valence-corrected chi connectivity index (χ1v) is 8.24. The van der Waals surface area contributed by atoms with E-state index in [0.717, 1.165) is 16.3 Å². The van der Waals surface area contributed by atoms with E-state index < -0.39 is 5.97 Å². The molecule has 0 bridgehead atoms. The molecule has 6 heteroatoms. The van der Waals surface area contributed by atoms with Gasteiger partial charge in [0.1, 0.15) is 11.3 Å². The second kappa shape index (κ2) is 7.45. The van der Waals surface area contributed by atoms with Gasteiger partial charge in [-0.1, -0.05) is 54.1 Å². The molecule has 0 aliphatic carbocycles. The van der Waals surface area contributed by atoms with Crippen LogP contribution < -0.4 is 10.1 Å². The molecule has 0 saturated heterocycles. The highest BCUT2D eigenvalue weighted by Crippen LogP contribution is 2.31. The maximum absolute atomic E-state index is 12.5. The van der Waals surface area contributed by atoms with Gasteiger partial charge in [-0.25, -0.2) is 4.79 Å². The zero-order chi connectivity index (χ0) is 18.7. The molecule has 5 nitrogen and oxygen atoms in total. The lowest BCUT2D eigenvalue weighted by Crippen LogP contribution is -2.15. The van der Waals surface area contributed by atoms with Crippen molar-refractivity contribution in [1.29, 1.82) is 0 Å². The Morgan fingerprint density at radius 1 is 1.12 bits per heavy atom. The smallest absolute Gasteiger partial charge is 0.339 e. The lowest BCUT2D eigenvalue weighted by molar-refractivity contribution is -0.115. The van der Waals surface area contributed by atoms with Crippen molar-refractivity contribution >= 4 is 39.9 Å². The Balaban J connectivity index is 1.85. The fraction of sp³-hybridized carbons (Fsp3) is 0.100. The third kappa shape index (κ3) is 3.63. The normalized spacial score (nSPS) is 10.5. The van der Waals surface area contributed by atoms with E-state index >= 15 is 0 Å². The van der Waals surface area contributed by atoms with Gasteiger partial charge in [-0.3, -0.25) is 4.79 Å². The van der Waals surface area contributed by atoms with Crippen LogP contribution in [0, 0.1) is 0 Å². The van der Waals surface area contributed by atoms with Crippen molar-refractivity contribution in [1.82, 2.24) is 0 Å². The first-order chi connectivity index (χ1) is 12.5. The number of hydrogen-bond acceptors (Lipinski definition) is 3. The van der Waals surface area contributed by atoms with E-state index in [2.05, 4.69) is 5.32 Å². The van der Waals surface area contributed by atoms with Crippen molar-refractivity contribution in [2.75, 3.05) is 12.4 Å². The molecule has 0 spiro atoms. The Labute approximate surface area is 155 Å². The minimum atomic E-state index is -1.16. The van der Waals surface area contributed by atoms with Gasteiger partial charge in [-0.2, -0.15) is 0 Å². The van der Waals surface area contributed by atoms with Gasteiger partial charge in [0.05, 0.1) is 24.2 Å². The van der Waals surface area contributed by atoms with Crippen molar-refractivity contribution in [3.05, 3.63) is 70.7 Å². The molecule has 3 rings (SSSR count). The van der Waals surface area contributed by atoms with Crippen LogP contribution in [0.25, 0.3) is 10.8 Å². The van der Waals surface area contributed by atoms with E-state index in [1.165, 1.54) is 19.2 Å². The largest absolute Gasteiger partial charge is 0.496 e. The average Bonchev–Trinajstić information content (AvgIpc) is 2.63. The van der Waals surface area contributed by atoms with Gasteiger partial charge >= 0.3 is 5.97 Å². The predicted molar refractivity (Wildman–Crippen MR) is 101 cm³/mol. The van der Waals surface area contributed by atoms with Gasteiger partial charge in [-0.15, -0.1) is 0 Å². The number of carbonyl (C=O) groups is 2. The van der Waals surface area contributed by atoms with Gasteiger partial charge in [0, 0.05) is 6.07 Å². The zero-order valence-corrected chi connectivity index (χ0v) is 14.7. The number of nitrogens with one attached hydrogen (secondary N) is 1. The fourth-order valence-electron chi connectivity index (χ4n) is 2.80. The number of carbonyl (C=O) groups excluding carboxylic acids is 1. The lowest BCUT2D eigenvalue weighted by atomic mass is 10.0. The molecule has 132 valence electrons. The Morgan fingerprint density at radius 3 is 2.58 bits per heavy atom. The number of fused-ring (bicyclic) bond motifs is 1. The highest BCUT2D eigenvalue weighted by Gasteiger charge is 2.16. The number of carboxylic acids is 1. The van der Waals surface area contributed by atoms with E-state index in [1.807, 2.05) is 42.5 Å². The van der Waals surface area contributed by atoms with Crippen LogP contribution in [-0.4, -0.2) is 24.1 Å². The van der Waals surface area contributed by atoms with Gasteiger partial charge in [0.25, 0.3) is 0 Å². The number of anilines is 1. The van der Waals surface area contributed by atoms with Gasteiger partial charge in [0.15, 0.2) is 0 Å². The lowest BCUT2D eigenvalue weighted by Gasteiger charge is -2.12. The summed E-state index contributed by atoms with van der Waals surface area (Å²) in [7, 11) is 1.36. The first-order valence-electron chi connectivity index (χ1n) is 7.87. The standard InChI is InChI=1S/C20H16ClNO4/c1-26-18-11-17(16(21)10-15(18)20(24)25)22-19(23)9-13-7-4-6-12-5-2-3-8-14(12)13/h2-8,10-11H,9H2,1H3,(H,22,23)(H,24,25). The summed E-state index contributed by atoms with van der Waals surface area (Å²) in [5.74, 6) is -1.28. The number of ether oxygens (including phenoxy) is 1. The Kier molecular flexibility index (Phi) is 5.09. The predicted octanol–water partition coefficient (Wildman–Crippen LogP) is 4.38. The molecule has 1 amide bonds. The van der Waals surface area contributed by atoms with Gasteiger partial charge < -0.3 is 15.2 Å². The highest BCUT2D eigenvalue weighted by molar-refractivity contribution is 6.34. The summed E-state index contributed by atoms with van der Waals surface area (Å²) in [6.45, 7) is 0. The summed E-state index contributed by atoms with van der Waals surface area (Å²) in [4.78, 5) is 23.7. The molecule has 0 fully saturated rings. The van der Waals surface area contributed by atoms with E-state index in [1.54, 1.807) is 0 Å². The molecule has 0 unspecified atom stereocenters. The monoisotopic (exact) mass is 369 g/mol. The van der Waals surface area contributed by atoms with Crippen LogP contribution >= 0.6 is 11.6 Å². The average molecular weight is 370 g/mol. The minimum absolute atomic E-state index is 0.0652. The van der Waals surface area contributed by atoms with Crippen molar-refractivity contribution < 1.29 is 19.4 Å². The summed E-state index contributed by atoms with van der Waals surface area (Å²) in [5, 5.41) is 14.1. The van der Waals surface area contributed by atoms with Gasteiger partial charge in [0.2, 0.25) is 5.91 Å². The fourth-order valence-corrected chi connectivity index (χ4v) is 3.01. The molecule has 0 saturated carbocycles. The molecular weight excluding hydrogens is 354 g/mol. The first kappa shape index (κ1) is 17.8. The Morgan fingerprint density at radius 2 is 1.85 bits per heavy atom. The van der Waals surface area contributed by atoms with Crippen LogP contribution in [-0.2, 0) is 11.2 Å². The number of halogens is 1. The highest BCUT2D eigenvalue weighted by atomic mass is 35.5. The topological polar surface area (TPSA) is 75.6 Å². The Hall–Kier alpha value is -3.05. The summed E-state index contributed by atoms with van der Waals surface area (Å²) in [6, 6.07) is 16.3. The van der Waals surface area contributed by atoms with Crippen LogP contribution in [0.2, 0.25) is 5.02 Å². The molecule has 0 aliphatic heterocycles. The maximum atomic E-state index is 12.5. The quantitative estimate of drug-likeness (QED) is 0.699. The van der Waals surface area contributed by atoms with E-state index in [0.29, 0.717) is 5.69 Å². The number of methoxy groups -OCH3 is 1. The van der Waals surface area contributed by atoms with Crippen molar-refractivity contribution in [3.63, 3.8) is 0 Å². The Bertz CT molecular complexity index is 995. The molecule has 0 aromatic heterocycles. The van der Waals surface area contributed by atoms with Crippen molar-refractivity contribution in [3.8, 4) is 5.75 Å². The second-order valence-corrected chi connectivity index (χ2v) is 6.11. The number of rotatable bonds is 5. The van der Waals surface area contributed by atoms with Crippen LogP contribution in [0.1, 0.15) is 15.9 Å². The van der Waals surface area contributed by atoms with E-state index in [4.69, 9.17) is 21.4 Å². The van der Waals surface area contributed by atoms with Crippen LogP contribution in [0.4, 0.5) is 5.69 Å². The number of amides is 1. The minimum Gasteiger partial charge on any atom is -0.496 e. The molecule has 0 heterocycles. The van der Waals surface area contributed by atoms with Gasteiger partial charge in [-0.05, 0) is 22.4 Å². The molecule has 3 aromatic rings. The van der Waals surface area contributed by atoms with E-state index in [9.17, 15) is 9.59 Å². The maximum Gasteiger partial charge on any atom is 0.339 e. The summed E-state index contributed by atoms with van der Waals surface area (Å²) < 4.78 is 5.07. The van der Waals surface area contributed by atoms with Crippen LogP contribution in [0.3, 0.4) is 0 Å². The number of carboxylic acid groups (broad SMARTS) is 1. The zero-order valence-electron chi connectivity index (χ0n) is 14.0.